The van der Waals surface area contributed by atoms with Crippen LogP contribution in [-0.4, -0.2) is 52.2 Å². The molecule has 0 aliphatic carbocycles. The van der Waals surface area contributed by atoms with E-state index in [-0.39, 0.29) is 11.1 Å². The number of anilines is 1. The maximum Gasteiger partial charge on any atom is 0.417 e. The summed E-state index contributed by atoms with van der Waals surface area (Å²) in [4.78, 5) is 4.71. The second-order valence-electron chi connectivity index (χ2n) is 5.69. The number of hydrogen-bond acceptors (Lipinski definition) is 5. The van der Waals surface area contributed by atoms with Gasteiger partial charge in [-0.2, -0.15) is 18.4 Å². The minimum Gasteiger partial charge on any atom is -0.341 e. The Kier molecular flexibility index (Phi) is 5.01. The highest BCUT2D eigenvalue weighted by Crippen LogP contribution is 2.34. The van der Waals surface area contributed by atoms with Gasteiger partial charge in [0.15, 0.2) is 0 Å². The van der Waals surface area contributed by atoms with Gasteiger partial charge in [0.05, 0.1) is 22.6 Å². The number of rotatable bonds is 2. The monoisotopic (exact) mass is 372 g/mol. The molecule has 0 spiro atoms. The highest BCUT2D eigenvalue weighted by molar-refractivity contribution is 8.23. The fraction of sp³-hybridized carbons (Fsp3) is 0.467. The van der Waals surface area contributed by atoms with E-state index in [4.69, 9.17) is 17.5 Å². The molecule has 3 heterocycles. The first-order valence-corrected chi connectivity index (χ1v) is 8.71. The summed E-state index contributed by atoms with van der Waals surface area (Å²) in [5.74, 6) is 0. The van der Waals surface area contributed by atoms with Crippen molar-refractivity contribution in [1.29, 1.82) is 5.26 Å². The summed E-state index contributed by atoms with van der Waals surface area (Å²) in [5.41, 5.74) is -1.10. The number of nitrogens with one attached hydrogen (secondary N) is 1. The predicted molar refractivity (Wildman–Crippen MR) is 91.8 cm³/mol. The molecule has 9 heteroatoms. The molecule has 24 heavy (non-hydrogen) atoms. The van der Waals surface area contributed by atoms with Crippen LogP contribution < -0.4 is 5.32 Å². The lowest BCUT2D eigenvalue weighted by Crippen LogP contribution is -2.60. The van der Waals surface area contributed by atoms with Crippen molar-refractivity contribution in [2.75, 3.05) is 38.0 Å². The molecular formula is C15H15F3N4S2. The largest absolute Gasteiger partial charge is 0.417 e. The first-order valence-electron chi connectivity index (χ1n) is 7.42. The van der Waals surface area contributed by atoms with Crippen molar-refractivity contribution in [1.82, 2.24) is 9.80 Å². The number of piperazine rings is 3. The molecule has 3 saturated heterocycles. The number of benzene rings is 1. The molecule has 0 radical (unpaired) electrons. The lowest BCUT2D eigenvalue weighted by Gasteiger charge is -2.46. The number of thiocarbonyl (C=S) groups is 1. The van der Waals surface area contributed by atoms with Crippen LogP contribution in [0.25, 0.3) is 0 Å². The summed E-state index contributed by atoms with van der Waals surface area (Å²) < 4.78 is 39.4. The maximum absolute atomic E-state index is 13.0. The summed E-state index contributed by atoms with van der Waals surface area (Å²) in [6.07, 6.45) is -4.57. The SMILES string of the molecule is N#Cc1ccc(NC(=S)SC2CN3CCN2CC3)cc1C(F)(F)F. The second kappa shape index (κ2) is 6.88. The number of nitrogens with zero attached hydrogens (tertiary/aromatic N) is 3. The van der Waals surface area contributed by atoms with Gasteiger partial charge in [-0.05, 0) is 18.2 Å². The summed E-state index contributed by atoms with van der Waals surface area (Å²) >= 11 is 6.75. The topological polar surface area (TPSA) is 42.3 Å². The van der Waals surface area contributed by atoms with Gasteiger partial charge in [-0.1, -0.05) is 24.0 Å². The van der Waals surface area contributed by atoms with E-state index in [0.29, 0.717) is 4.32 Å². The molecule has 2 bridgehead atoms. The van der Waals surface area contributed by atoms with Crippen LogP contribution in [0.3, 0.4) is 0 Å². The maximum atomic E-state index is 13.0. The minimum absolute atomic E-state index is 0.230. The van der Waals surface area contributed by atoms with E-state index in [1.165, 1.54) is 17.8 Å². The quantitative estimate of drug-likeness (QED) is 0.805. The van der Waals surface area contributed by atoms with E-state index >= 15 is 0 Å². The third kappa shape index (κ3) is 3.83. The molecule has 3 aliphatic heterocycles. The third-order valence-electron chi connectivity index (χ3n) is 4.16. The van der Waals surface area contributed by atoms with Crippen LogP contribution >= 0.6 is 24.0 Å². The molecule has 0 aromatic heterocycles. The first-order chi connectivity index (χ1) is 11.4. The van der Waals surface area contributed by atoms with Gasteiger partial charge in [0.25, 0.3) is 0 Å². The summed E-state index contributed by atoms with van der Waals surface area (Å²) in [6.45, 7) is 5.02. The molecule has 3 aliphatic rings. The molecule has 0 saturated carbocycles. The van der Waals surface area contributed by atoms with E-state index in [2.05, 4.69) is 15.1 Å². The van der Waals surface area contributed by atoms with Crippen LogP contribution in [-0.2, 0) is 6.18 Å². The van der Waals surface area contributed by atoms with Crippen LogP contribution in [0.15, 0.2) is 18.2 Å². The van der Waals surface area contributed by atoms with Gasteiger partial charge < -0.3 is 5.32 Å². The van der Waals surface area contributed by atoms with E-state index in [0.717, 1.165) is 44.9 Å². The smallest absolute Gasteiger partial charge is 0.341 e. The highest BCUT2D eigenvalue weighted by atomic mass is 32.2. The second-order valence-corrected chi connectivity index (χ2v) is 7.55. The molecule has 1 atom stereocenters. The van der Waals surface area contributed by atoms with Crippen molar-refractivity contribution < 1.29 is 13.2 Å². The van der Waals surface area contributed by atoms with Crippen molar-refractivity contribution in [2.45, 2.75) is 11.6 Å². The number of nitriles is 1. The predicted octanol–water partition coefficient (Wildman–Crippen LogP) is 2.96. The average molecular weight is 372 g/mol. The van der Waals surface area contributed by atoms with E-state index in [1.807, 2.05) is 0 Å². The Bertz CT molecular complexity index is 678. The van der Waals surface area contributed by atoms with Crippen LogP contribution in [0.1, 0.15) is 11.1 Å². The first kappa shape index (κ1) is 17.5. The Morgan fingerprint density at radius 2 is 2.00 bits per heavy atom. The van der Waals surface area contributed by atoms with Crippen LogP contribution in [0, 0.1) is 11.3 Å². The van der Waals surface area contributed by atoms with Crippen molar-refractivity contribution >= 4 is 34.0 Å². The number of hydrogen-bond donors (Lipinski definition) is 1. The molecule has 0 amide bonds. The van der Waals surface area contributed by atoms with Crippen LogP contribution in [0.4, 0.5) is 18.9 Å². The standard InChI is InChI=1S/C15H15F3N4S2/c16-15(17,18)12-7-11(2-1-10(12)8-19)20-14(23)24-13-9-21-3-5-22(13)6-4-21/h1-2,7,13H,3-6,9H2,(H,20,23). The normalized spacial score (nSPS) is 26.0. The van der Waals surface area contributed by atoms with Gasteiger partial charge in [0.2, 0.25) is 0 Å². The molecule has 1 aromatic rings. The lowest BCUT2D eigenvalue weighted by atomic mass is 10.1. The van der Waals surface area contributed by atoms with Gasteiger partial charge in [0.1, 0.15) is 4.32 Å². The van der Waals surface area contributed by atoms with E-state index in [9.17, 15) is 13.2 Å². The molecule has 4 rings (SSSR count). The van der Waals surface area contributed by atoms with Crippen molar-refractivity contribution in [2.24, 2.45) is 0 Å². The molecule has 1 N–H and O–H groups in total. The van der Waals surface area contributed by atoms with E-state index in [1.54, 1.807) is 6.07 Å². The van der Waals surface area contributed by atoms with Crippen molar-refractivity contribution in [3.63, 3.8) is 0 Å². The van der Waals surface area contributed by atoms with Gasteiger partial charge in [-0.25, -0.2) is 0 Å². The van der Waals surface area contributed by atoms with Crippen molar-refractivity contribution in [3.05, 3.63) is 29.3 Å². The van der Waals surface area contributed by atoms with Crippen molar-refractivity contribution in [3.8, 4) is 6.07 Å². The third-order valence-corrected chi connectivity index (χ3v) is 5.59. The Balaban J connectivity index is 1.67. The number of alkyl halides is 3. The number of halogens is 3. The summed E-state index contributed by atoms with van der Waals surface area (Å²) in [6, 6.07) is 5.11. The summed E-state index contributed by atoms with van der Waals surface area (Å²) in [7, 11) is 0. The summed E-state index contributed by atoms with van der Waals surface area (Å²) in [5, 5.41) is 11.9. The fourth-order valence-electron chi connectivity index (χ4n) is 2.91. The molecule has 1 aromatic carbocycles. The minimum atomic E-state index is -4.57. The molecule has 128 valence electrons. The van der Waals surface area contributed by atoms with Crippen LogP contribution in [0.2, 0.25) is 0 Å². The molecule has 3 fully saturated rings. The zero-order chi connectivity index (χ0) is 17.3. The Morgan fingerprint density at radius 3 is 2.54 bits per heavy atom. The zero-order valence-electron chi connectivity index (χ0n) is 12.6. The Labute approximate surface area is 147 Å². The average Bonchev–Trinajstić information content (AvgIpc) is 2.55. The number of fused-ring (bicyclic) bond motifs is 3. The molecule has 1 unspecified atom stereocenters. The highest BCUT2D eigenvalue weighted by Gasteiger charge is 2.35. The zero-order valence-corrected chi connectivity index (χ0v) is 14.3. The molecule has 4 nitrogen and oxygen atoms in total. The number of thioether (sulfide) groups is 1. The fourth-order valence-corrected chi connectivity index (χ4v) is 4.43. The molecular weight excluding hydrogens is 357 g/mol. The lowest BCUT2D eigenvalue weighted by molar-refractivity contribution is -0.137. The Morgan fingerprint density at radius 1 is 1.29 bits per heavy atom. The van der Waals surface area contributed by atoms with Crippen LogP contribution in [0.5, 0.6) is 0 Å². The van der Waals surface area contributed by atoms with Gasteiger partial charge in [0, 0.05) is 38.4 Å². The van der Waals surface area contributed by atoms with Gasteiger partial charge >= 0.3 is 6.18 Å². The van der Waals surface area contributed by atoms with E-state index < -0.39 is 17.3 Å². The van der Waals surface area contributed by atoms with Gasteiger partial charge in [-0.3, -0.25) is 9.80 Å². The Hall–Kier alpha value is -1.34. The van der Waals surface area contributed by atoms with Gasteiger partial charge in [-0.15, -0.1) is 0 Å².